The highest BCUT2D eigenvalue weighted by Gasteiger charge is 2.38. The largest absolute Gasteiger partial charge is 0.383 e. The Kier molecular flexibility index (Phi) is 4.59. The molecule has 0 aliphatic carbocycles. The van der Waals surface area contributed by atoms with Gasteiger partial charge in [-0.2, -0.15) is 0 Å². The second-order valence-corrected chi connectivity index (χ2v) is 5.19. The lowest BCUT2D eigenvalue weighted by Crippen LogP contribution is -2.44. The van der Waals surface area contributed by atoms with Crippen molar-refractivity contribution < 1.29 is 19.1 Å². The first-order valence-electron chi connectivity index (χ1n) is 6.38. The molecule has 1 aliphatic rings. The molecule has 0 radical (unpaired) electrons. The highest BCUT2D eigenvalue weighted by Crippen LogP contribution is 2.35. The molecule has 1 aromatic rings. The van der Waals surface area contributed by atoms with Crippen LogP contribution in [0.4, 0.5) is 5.69 Å². The first-order chi connectivity index (χ1) is 9.95. The number of hydrogen-bond acceptors (Lipinski definition) is 4. The van der Waals surface area contributed by atoms with Crippen molar-refractivity contribution in [2.24, 2.45) is 0 Å². The summed E-state index contributed by atoms with van der Waals surface area (Å²) in [4.78, 5) is 36.9. The van der Waals surface area contributed by atoms with Crippen LogP contribution in [-0.4, -0.2) is 43.9 Å². The third kappa shape index (κ3) is 3.06. The number of halogens is 1. The van der Waals surface area contributed by atoms with E-state index in [1.165, 1.54) is 13.2 Å². The number of amides is 2. The number of methoxy groups -OCH3 is 1. The second-order valence-electron chi connectivity index (χ2n) is 4.78. The molecule has 0 aromatic heterocycles. The number of ketones is 1. The summed E-state index contributed by atoms with van der Waals surface area (Å²) in [6.45, 7) is 1.88. The van der Waals surface area contributed by atoms with Crippen molar-refractivity contribution in [3.8, 4) is 0 Å². The Morgan fingerprint density at radius 2 is 2.14 bits per heavy atom. The lowest BCUT2D eigenvalue weighted by molar-refractivity contribution is -0.122. The Bertz CT molecular complexity index is 603. The van der Waals surface area contributed by atoms with E-state index in [0.717, 1.165) is 4.90 Å². The Hall–Kier alpha value is -1.92. The van der Waals surface area contributed by atoms with Crippen LogP contribution >= 0.6 is 11.6 Å². The number of fused-ring (bicyclic) bond motifs is 1. The lowest BCUT2D eigenvalue weighted by Gasteiger charge is -2.19. The molecule has 112 valence electrons. The zero-order chi connectivity index (χ0) is 15.6. The summed E-state index contributed by atoms with van der Waals surface area (Å²) in [7, 11) is 1.53. The normalized spacial score (nSPS) is 15.1. The van der Waals surface area contributed by atoms with E-state index < -0.39 is 11.7 Å². The van der Waals surface area contributed by atoms with E-state index in [9.17, 15) is 14.4 Å². The number of anilines is 1. The standard InChI is InChI=1S/C14H15ClN2O4/c1-8(7-21-2)16-11(18)6-17-12-9(13(19)14(17)20)4-3-5-10(12)15/h3-5,8H,6-7H2,1-2H3,(H,16,18). The fourth-order valence-electron chi connectivity index (χ4n) is 2.22. The van der Waals surface area contributed by atoms with Crippen molar-refractivity contribution in [2.45, 2.75) is 13.0 Å². The van der Waals surface area contributed by atoms with Gasteiger partial charge in [-0.15, -0.1) is 0 Å². The summed E-state index contributed by atoms with van der Waals surface area (Å²) in [5.41, 5.74) is 0.522. The summed E-state index contributed by atoms with van der Waals surface area (Å²) in [5, 5.41) is 2.95. The van der Waals surface area contributed by atoms with Crippen LogP contribution in [0.2, 0.25) is 5.02 Å². The van der Waals surface area contributed by atoms with Crippen LogP contribution in [0.3, 0.4) is 0 Å². The maximum atomic E-state index is 12.0. The van der Waals surface area contributed by atoms with E-state index in [4.69, 9.17) is 16.3 Å². The van der Waals surface area contributed by atoms with Crippen LogP contribution < -0.4 is 10.2 Å². The van der Waals surface area contributed by atoms with Gasteiger partial charge in [-0.05, 0) is 19.1 Å². The van der Waals surface area contributed by atoms with E-state index in [2.05, 4.69) is 5.32 Å². The van der Waals surface area contributed by atoms with Gasteiger partial charge in [0.1, 0.15) is 6.54 Å². The second kappa shape index (κ2) is 6.24. The van der Waals surface area contributed by atoms with Crippen molar-refractivity contribution >= 4 is 34.9 Å². The number of nitrogens with one attached hydrogen (secondary N) is 1. The van der Waals surface area contributed by atoms with Crippen LogP contribution in [-0.2, 0) is 14.3 Å². The minimum atomic E-state index is -0.743. The van der Waals surface area contributed by atoms with Crippen LogP contribution in [0.25, 0.3) is 0 Å². The van der Waals surface area contributed by atoms with E-state index in [1.54, 1.807) is 19.1 Å². The van der Waals surface area contributed by atoms with Gasteiger partial charge < -0.3 is 10.1 Å². The molecule has 1 unspecified atom stereocenters. The molecule has 1 heterocycles. The van der Waals surface area contributed by atoms with Crippen molar-refractivity contribution in [3.05, 3.63) is 28.8 Å². The number of benzene rings is 1. The maximum Gasteiger partial charge on any atom is 0.300 e. The van der Waals surface area contributed by atoms with Crippen molar-refractivity contribution in [1.82, 2.24) is 5.32 Å². The van der Waals surface area contributed by atoms with Gasteiger partial charge in [0.25, 0.3) is 11.7 Å². The topological polar surface area (TPSA) is 75.7 Å². The first-order valence-corrected chi connectivity index (χ1v) is 6.76. The van der Waals surface area contributed by atoms with Gasteiger partial charge in [-0.1, -0.05) is 17.7 Å². The van der Waals surface area contributed by atoms with Gasteiger partial charge in [-0.3, -0.25) is 19.3 Å². The Morgan fingerprint density at radius 1 is 1.43 bits per heavy atom. The van der Waals surface area contributed by atoms with Crippen molar-refractivity contribution in [2.75, 3.05) is 25.2 Å². The Balaban J connectivity index is 2.17. The van der Waals surface area contributed by atoms with Gasteiger partial charge in [0.15, 0.2) is 0 Å². The van der Waals surface area contributed by atoms with Gasteiger partial charge in [0, 0.05) is 13.2 Å². The molecule has 7 heteroatoms. The number of Topliss-reactive ketones (excluding diaryl/α,β-unsaturated/α-hetero) is 1. The molecule has 0 saturated carbocycles. The van der Waals surface area contributed by atoms with Gasteiger partial charge in [0.2, 0.25) is 5.91 Å². The molecule has 0 bridgehead atoms. The number of para-hydroxylation sites is 1. The average Bonchev–Trinajstić information content (AvgIpc) is 2.65. The molecule has 2 amide bonds. The molecule has 2 rings (SSSR count). The predicted molar refractivity (Wildman–Crippen MR) is 77.6 cm³/mol. The van der Waals surface area contributed by atoms with Crippen molar-refractivity contribution in [1.29, 1.82) is 0 Å². The molecule has 0 fully saturated rings. The third-order valence-electron chi connectivity index (χ3n) is 3.07. The summed E-state index contributed by atoms with van der Waals surface area (Å²) < 4.78 is 4.92. The highest BCUT2D eigenvalue weighted by atomic mass is 35.5. The monoisotopic (exact) mass is 310 g/mol. The average molecular weight is 311 g/mol. The van der Waals surface area contributed by atoms with Gasteiger partial charge >= 0.3 is 0 Å². The molecular formula is C14H15ClN2O4. The smallest absolute Gasteiger partial charge is 0.300 e. The SMILES string of the molecule is COCC(C)NC(=O)CN1C(=O)C(=O)c2cccc(Cl)c21. The minimum Gasteiger partial charge on any atom is -0.383 e. The van der Waals surface area contributed by atoms with E-state index in [0.29, 0.717) is 12.3 Å². The van der Waals surface area contributed by atoms with Crippen LogP contribution in [0.1, 0.15) is 17.3 Å². The summed E-state index contributed by atoms with van der Waals surface area (Å²) in [6.07, 6.45) is 0. The number of rotatable bonds is 5. The quantitative estimate of drug-likeness (QED) is 0.824. The molecule has 1 N–H and O–H groups in total. The highest BCUT2D eigenvalue weighted by molar-refractivity contribution is 6.54. The molecule has 0 saturated heterocycles. The summed E-state index contributed by atoms with van der Waals surface area (Å²) in [5.74, 6) is -1.77. The Morgan fingerprint density at radius 3 is 2.81 bits per heavy atom. The number of carbonyl (C=O) groups excluding carboxylic acids is 3. The minimum absolute atomic E-state index is 0.193. The number of hydrogen-bond donors (Lipinski definition) is 1. The van der Waals surface area contributed by atoms with Gasteiger partial charge in [-0.25, -0.2) is 0 Å². The number of nitrogens with zero attached hydrogens (tertiary/aromatic N) is 1. The zero-order valence-corrected chi connectivity index (χ0v) is 12.4. The molecule has 0 spiro atoms. The zero-order valence-electron chi connectivity index (χ0n) is 11.7. The van der Waals surface area contributed by atoms with Crippen LogP contribution in [0.15, 0.2) is 18.2 Å². The first kappa shape index (κ1) is 15.5. The maximum absolute atomic E-state index is 12.0. The fraction of sp³-hybridized carbons (Fsp3) is 0.357. The molecule has 6 nitrogen and oxygen atoms in total. The molecule has 1 aromatic carbocycles. The predicted octanol–water partition coefficient (Wildman–Crippen LogP) is 1.02. The summed E-state index contributed by atoms with van der Waals surface area (Å²) >= 11 is 6.04. The van der Waals surface area contributed by atoms with E-state index >= 15 is 0 Å². The molecular weight excluding hydrogens is 296 g/mol. The number of ether oxygens (including phenoxy) is 1. The summed E-state index contributed by atoms with van der Waals surface area (Å²) in [6, 6.07) is 4.50. The van der Waals surface area contributed by atoms with Crippen LogP contribution in [0, 0.1) is 0 Å². The fourth-order valence-corrected chi connectivity index (χ4v) is 2.50. The lowest BCUT2D eigenvalue weighted by atomic mass is 10.1. The van der Waals surface area contributed by atoms with Crippen molar-refractivity contribution in [3.63, 3.8) is 0 Å². The van der Waals surface area contributed by atoms with Gasteiger partial charge in [0.05, 0.1) is 22.9 Å². The Labute approximate surface area is 127 Å². The number of carbonyl (C=O) groups is 3. The van der Waals surface area contributed by atoms with E-state index in [1.807, 2.05) is 0 Å². The van der Waals surface area contributed by atoms with Crippen LogP contribution in [0.5, 0.6) is 0 Å². The van der Waals surface area contributed by atoms with E-state index in [-0.39, 0.29) is 29.1 Å². The molecule has 1 aliphatic heterocycles. The third-order valence-corrected chi connectivity index (χ3v) is 3.37. The molecule has 1 atom stereocenters. The molecule has 21 heavy (non-hydrogen) atoms.